The van der Waals surface area contributed by atoms with Crippen molar-refractivity contribution in [2.24, 2.45) is 0 Å². The first-order valence-electron chi connectivity index (χ1n) is 9.55. The Kier molecular flexibility index (Phi) is 6.76. The summed E-state index contributed by atoms with van der Waals surface area (Å²) in [4.78, 5) is 0. The van der Waals surface area contributed by atoms with Crippen LogP contribution in [-0.4, -0.2) is 4.60 Å². The molecular weight excluding hydrogens is 555 g/mol. The van der Waals surface area contributed by atoms with E-state index < -0.39 is 21.2 Å². The number of fused-ring (bicyclic) bond motifs is 2. The molecule has 0 fully saturated rings. The van der Waals surface area contributed by atoms with Crippen molar-refractivity contribution in [1.82, 2.24) is 0 Å². The molecule has 4 rings (SSSR count). The third-order valence-corrected chi connectivity index (χ3v) is 15.4. The van der Waals surface area contributed by atoms with E-state index in [1.54, 1.807) is 19.0 Å². The van der Waals surface area contributed by atoms with E-state index in [2.05, 4.69) is 64.1 Å². The minimum atomic E-state index is -0.532. The summed E-state index contributed by atoms with van der Waals surface area (Å²) in [7, 11) is 0. The Labute approximate surface area is 208 Å². The number of allylic oxidation sites excluding steroid dienone is 4. The van der Waals surface area contributed by atoms with Crippen LogP contribution in [0.25, 0.3) is 11.1 Å². The first-order chi connectivity index (χ1) is 12.9. The van der Waals surface area contributed by atoms with Crippen molar-refractivity contribution in [3.8, 4) is 0 Å². The molecule has 0 unspecified atom stereocenters. The van der Waals surface area contributed by atoms with Gasteiger partial charge in [-0.05, 0) is 0 Å². The molecule has 0 radical (unpaired) electrons. The first-order valence-corrected chi connectivity index (χ1v) is 23.7. The number of hydrogen-bond acceptors (Lipinski definition) is 0. The predicted molar refractivity (Wildman–Crippen MR) is 105 cm³/mol. The Hall–Kier alpha value is 0.972. The second kappa shape index (κ2) is 8.61. The van der Waals surface area contributed by atoms with Crippen molar-refractivity contribution in [3.63, 3.8) is 0 Å². The van der Waals surface area contributed by atoms with Crippen molar-refractivity contribution in [2.45, 2.75) is 40.5 Å². The molecule has 0 nitrogen and oxygen atoms in total. The van der Waals surface area contributed by atoms with Gasteiger partial charge in [0.1, 0.15) is 0 Å². The van der Waals surface area contributed by atoms with E-state index in [0.717, 1.165) is 0 Å². The van der Waals surface area contributed by atoms with Gasteiger partial charge in [0.2, 0.25) is 0 Å². The zero-order valence-electron chi connectivity index (χ0n) is 16.6. The van der Waals surface area contributed by atoms with Crippen LogP contribution >= 0.6 is 0 Å². The maximum absolute atomic E-state index is 2.46. The van der Waals surface area contributed by atoms with Crippen LogP contribution in [-0.2, 0) is 75.1 Å². The van der Waals surface area contributed by atoms with Crippen molar-refractivity contribution >= 4 is 15.7 Å². The van der Waals surface area contributed by atoms with E-state index in [0.29, 0.717) is 0 Å². The summed E-state index contributed by atoms with van der Waals surface area (Å²) in [6.45, 7) is 9.19. The van der Waals surface area contributed by atoms with Crippen molar-refractivity contribution in [2.75, 3.05) is 0 Å². The van der Waals surface area contributed by atoms with Gasteiger partial charge < -0.3 is 0 Å². The Morgan fingerprint density at radius 1 is 0.704 bits per heavy atom. The molecule has 0 aliphatic heterocycles. The third-order valence-electron chi connectivity index (χ3n) is 6.06. The maximum atomic E-state index is 2.46. The van der Waals surface area contributed by atoms with Crippen LogP contribution < -0.4 is 0 Å². The number of benzene rings is 2. The molecule has 0 N–H and O–H groups in total. The molecule has 0 bridgehead atoms. The van der Waals surface area contributed by atoms with Gasteiger partial charge in [0.15, 0.2) is 0 Å². The normalized spacial score (nSPS) is 17.8. The fourth-order valence-electron chi connectivity index (χ4n) is 4.48. The second-order valence-corrected chi connectivity index (χ2v) is 17.0. The fraction of sp³-hybridized carbons (Fsp3) is 0.250. The molecule has 2 aliphatic carbocycles. The predicted octanol–water partition coefficient (Wildman–Crippen LogP) is 5.49. The second-order valence-electron chi connectivity index (χ2n) is 7.88. The summed E-state index contributed by atoms with van der Waals surface area (Å²) in [6, 6.07) is 14.2. The van der Waals surface area contributed by atoms with E-state index >= 15 is 0 Å². The van der Waals surface area contributed by atoms with Crippen molar-refractivity contribution in [3.05, 3.63) is 80.9 Å². The van der Waals surface area contributed by atoms with Gasteiger partial charge in [-0.1, -0.05) is 0 Å². The molecule has 127 valence electrons. The summed E-state index contributed by atoms with van der Waals surface area (Å²) in [5.41, 5.74) is 15.2. The van der Waals surface area contributed by atoms with E-state index in [1.807, 2.05) is 2.30 Å². The van der Waals surface area contributed by atoms with E-state index in [-0.39, 0.29) is 0 Å². The topological polar surface area (TPSA) is 0 Å². The number of rotatable bonds is 1. The minimum absolute atomic E-state index is 0.532. The molecule has 0 saturated heterocycles. The van der Waals surface area contributed by atoms with Crippen LogP contribution in [0, 0.1) is 13.8 Å². The van der Waals surface area contributed by atoms with Crippen LogP contribution in [0.3, 0.4) is 0 Å². The van der Waals surface area contributed by atoms with Gasteiger partial charge >= 0.3 is 212 Å². The zero-order chi connectivity index (χ0) is 19.3. The number of aryl methyl sites for hydroxylation is 2. The zero-order valence-corrected chi connectivity index (χ0v) is 25.1. The van der Waals surface area contributed by atoms with Crippen LogP contribution in [0.1, 0.15) is 60.1 Å². The average molecular weight is 577 g/mol. The third kappa shape index (κ3) is 3.98. The molecule has 0 heterocycles. The van der Waals surface area contributed by atoms with E-state index in [9.17, 15) is 0 Å². The van der Waals surface area contributed by atoms with E-state index in [1.165, 1.54) is 106 Å². The summed E-state index contributed by atoms with van der Waals surface area (Å²) in [5.74, 6) is 0. The molecule has 0 atom stereocenters. The van der Waals surface area contributed by atoms with Crippen LogP contribution in [0.4, 0.5) is 0 Å². The van der Waals surface area contributed by atoms with Crippen LogP contribution in [0.15, 0.2) is 47.5 Å². The van der Waals surface area contributed by atoms with Crippen LogP contribution in [0.2, 0.25) is 0 Å². The van der Waals surface area contributed by atoms with Crippen molar-refractivity contribution in [1.29, 1.82) is 0 Å². The molecule has 3 heteroatoms. The molecule has 0 amide bonds. The summed E-state index contributed by atoms with van der Waals surface area (Å²) in [6.07, 6.45) is 2.39. The molecule has 27 heavy (non-hydrogen) atoms. The number of hydrogen-bond donors (Lipinski definition) is 0. The Bertz CT molecular complexity index is 1080. The van der Waals surface area contributed by atoms with Crippen LogP contribution in [0.5, 0.6) is 0 Å². The average Bonchev–Trinajstić information content (AvgIpc) is 2.65. The Morgan fingerprint density at radius 3 is 1.81 bits per heavy atom. The quantitative estimate of drug-likeness (QED) is 0.421. The standard InChI is InChI=1S/C24H22.3Y/c1-15-5-9-21-17(3)23(11-7-19(21)13-15)24-12-8-20-14-16(2)6-10-22(20)18(24)4;;;/h5-6,9-10,13-14H,11-12H2,1-4H3;;;. The van der Waals surface area contributed by atoms with E-state index in [4.69, 9.17) is 0 Å². The van der Waals surface area contributed by atoms with Gasteiger partial charge in [0.25, 0.3) is 0 Å². The summed E-state index contributed by atoms with van der Waals surface area (Å²) in [5, 5.41) is 0. The van der Waals surface area contributed by atoms with Gasteiger partial charge in [-0.2, -0.15) is 0 Å². The molecular formula is C24H22Y3. The molecule has 2 aliphatic rings. The van der Waals surface area contributed by atoms with Gasteiger partial charge in [0, 0.05) is 0 Å². The first kappa shape index (κ1) is 21.2. The van der Waals surface area contributed by atoms with Gasteiger partial charge in [-0.15, -0.1) is 0 Å². The summed E-state index contributed by atoms with van der Waals surface area (Å²) < 4.78 is 3.50. The molecule has 0 spiro atoms. The monoisotopic (exact) mass is 577 g/mol. The Balaban J connectivity index is 1.94. The SMILES string of the molecule is CC1=C(C2=C(C)c3ccc(C)cc3/[C](=[Y]\[Y])C2)C[C](=[Y])c2cc(C)ccc21. The molecule has 2 aromatic carbocycles. The van der Waals surface area contributed by atoms with Crippen molar-refractivity contribution < 1.29 is 75.1 Å². The molecule has 0 saturated carbocycles. The van der Waals surface area contributed by atoms with Gasteiger partial charge in [-0.3, -0.25) is 0 Å². The van der Waals surface area contributed by atoms with Gasteiger partial charge in [-0.25, -0.2) is 0 Å². The van der Waals surface area contributed by atoms with Gasteiger partial charge in [0.05, 0.1) is 0 Å². The fourth-order valence-corrected chi connectivity index (χ4v) is 11.7. The molecule has 2 aromatic rings. The summed E-state index contributed by atoms with van der Waals surface area (Å²) >= 11 is 2.18. The Morgan fingerprint density at radius 2 is 1.22 bits per heavy atom. The molecule has 0 aromatic heterocycles.